The lowest BCUT2D eigenvalue weighted by Crippen LogP contribution is -2.40. The Morgan fingerprint density at radius 3 is 2.19 bits per heavy atom. The van der Waals surface area contributed by atoms with Crippen LogP contribution in [-0.4, -0.2) is 31.6 Å². The third-order valence-electron chi connectivity index (χ3n) is 3.72. The van der Waals surface area contributed by atoms with Crippen LogP contribution in [0.1, 0.15) is 24.2 Å². The number of esters is 1. The fourth-order valence-electron chi connectivity index (χ4n) is 2.44. The van der Waals surface area contributed by atoms with Crippen LogP contribution >= 0.6 is 23.2 Å². The fraction of sp³-hybridized carbons (Fsp3) is 0.263. The molecule has 0 aliphatic carbocycles. The van der Waals surface area contributed by atoms with Crippen molar-refractivity contribution in [2.75, 3.05) is 18.6 Å². The predicted molar refractivity (Wildman–Crippen MR) is 102 cm³/mol. The maximum atomic E-state index is 12.7. The van der Waals surface area contributed by atoms with Crippen LogP contribution in [0.5, 0.6) is 5.75 Å². The molecule has 0 aliphatic heterocycles. The van der Waals surface area contributed by atoms with Gasteiger partial charge in [0.25, 0.3) is 5.91 Å². The van der Waals surface area contributed by atoms with E-state index in [1.807, 2.05) is 37.3 Å². The summed E-state index contributed by atoms with van der Waals surface area (Å²) >= 11 is 12.1. The zero-order chi connectivity index (χ0) is 19.3. The van der Waals surface area contributed by atoms with Crippen LogP contribution < -0.4 is 9.64 Å². The molecule has 0 radical (unpaired) electrons. The molecule has 7 heteroatoms. The minimum Gasteiger partial charge on any atom is -0.494 e. The summed E-state index contributed by atoms with van der Waals surface area (Å²) in [5.41, 5.74) is 0.877. The molecule has 1 atom stereocenters. The molecule has 0 fully saturated rings. The SMILES string of the molecule is CCN(C(=O)[C@@H](C)OC(=O)c1cc(Cl)c(OC)c(Cl)c1)c1ccccc1. The number of hydrogen-bond acceptors (Lipinski definition) is 4. The zero-order valence-electron chi connectivity index (χ0n) is 14.7. The van der Waals surface area contributed by atoms with Gasteiger partial charge in [0.1, 0.15) is 0 Å². The third kappa shape index (κ3) is 4.48. The minimum atomic E-state index is -0.970. The molecule has 0 unspecified atom stereocenters. The van der Waals surface area contributed by atoms with E-state index in [-0.39, 0.29) is 27.3 Å². The Morgan fingerprint density at radius 2 is 1.69 bits per heavy atom. The average molecular weight is 396 g/mol. The summed E-state index contributed by atoms with van der Waals surface area (Å²) in [6.45, 7) is 3.83. The Bertz CT molecular complexity index is 772. The Morgan fingerprint density at radius 1 is 1.12 bits per heavy atom. The van der Waals surface area contributed by atoms with Gasteiger partial charge in [0.2, 0.25) is 0 Å². The molecular formula is C19H19Cl2NO4. The van der Waals surface area contributed by atoms with E-state index < -0.39 is 12.1 Å². The van der Waals surface area contributed by atoms with Crippen molar-refractivity contribution < 1.29 is 19.1 Å². The highest BCUT2D eigenvalue weighted by atomic mass is 35.5. The van der Waals surface area contributed by atoms with Crippen LogP contribution in [0.3, 0.4) is 0 Å². The summed E-state index contributed by atoms with van der Waals surface area (Å²) in [5, 5.41) is 0.371. The lowest BCUT2D eigenvalue weighted by Gasteiger charge is -2.24. The summed E-state index contributed by atoms with van der Waals surface area (Å²) < 4.78 is 10.3. The number of benzene rings is 2. The fourth-order valence-corrected chi connectivity index (χ4v) is 3.09. The first-order chi connectivity index (χ1) is 12.4. The molecule has 138 valence electrons. The molecule has 0 saturated carbocycles. The largest absolute Gasteiger partial charge is 0.494 e. The molecule has 5 nitrogen and oxygen atoms in total. The quantitative estimate of drug-likeness (QED) is 0.670. The first-order valence-electron chi connectivity index (χ1n) is 7.99. The number of nitrogens with zero attached hydrogens (tertiary/aromatic N) is 1. The van der Waals surface area contributed by atoms with Gasteiger partial charge in [-0.1, -0.05) is 41.4 Å². The highest BCUT2D eigenvalue weighted by Crippen LogP contribution is 2.34. The molecule has 2 rings (SSSR count). The first kappa shape index (κ1) is 20.1. The van der Waals surface area contributed by atoms with E-state index in [0.717, 1.165) is 5.69 Å². The van der Waals surface area contributed by atoms with Crippen molar-refractivity contribution in [3.05, 3.63) is 58.1 Å². The minimum absolute atomic E-state index is 0.142. The van der Waals surface area contributed by atoms with E-state index >= 15 is 0 Å². The number of para-hydroxylation sites is 1. The molecule has 0 aromatic heterocycles. The predicted octanol–water partition coefficient (Wildman–Crippen LogP) is 4.60. The number of ether oxygens (including phenoxy) is 2. The number of anilines is 1. The van der Waals surface area contributed by atoms with Gasteiger partial charge in [-0.05, 0) is 38.1 Å². The van der Waals surface area contributed by atoms with Gasteiger partial charge < -0.3 is 14.4 Å². The summed E-state index contributed by atoms with van der Waals surface area (Å²) in [6.07, 6.45) is -0.970. The molecule has 0 N–H and O–H groups in total. The topological polar surface area (TPSA) is 55.8 Å². The van der Waals surface area contributed by atoms with E-state index in [1.54, 1.807) is 4.90 Å². The van der Waals surface area contributed by atoms with Crippen LogP contribution in [0.15, 0.2) is 42.5 Å². The molecule has 2 aromatic rings. The van der Waals surface area contributed by atoms with Crippen LogP contribution in [0.2, 0.25) is 10.0 Å². The smallest absolute Gasteiger partial charge is 0.339 e. The third-order valence-corrected chi connectivity index (χ3v) is 4.28. The maximum Gasteiger partial charge on any atom is 0.339 e. The molecule has 0 saturated heterocycles. The van der Waals surface area contributed by atoms with E-state index in [0.29, 0.717) is 6.54 Å². The normalized spacial score (nSPS) is 11.6. The molecule has 1 amide bonds. The standard InChI is InChI=1S/C19H19Cl2NO4/c1-4-22(14-8-6-5-7-9-14)18(23)12(2)26-19(24)13-10-15(20)17(25-3)16(21)11-13/h5-12H,4H2,1-3H3/t12-/m1/s1. The van der Waals surface area contributed by atoms with E-state index in [2.05, 4.69) is 0 Å². The van der Waals surface area contributed by atoms with Gasteiger partial charge >= 0.3 is 5.97 Å². The Kier molecular flexibility index (Phi) is 6.89. The molecule has 0 bridgehead atoms. The second-order valence-corrected chi connectivity index (χ2v) is 6.25. The zero-order valence-corrected chi connectivity index (χ0v) is 16.2. The molecular weight excluding hydrogens is 377 g/mol. The van der Waals surface area contributed by atoms with Gasteiger partial charge in [-0.2, -0.15) is 0 Å². The monoisotopic (exact) mass is 395 g/mol. The number of amides is 1. The number of hydrogen-bond donors (Lipinski definition) is 0. The van der Waals surface area contributed by atoms with Crippen molar-refractivity contribution in [2.45, 2.75) is 20.0 Å². The van der Waals surface area contributed by atoms with Gasteiger partial charge in [-0.15, -0.1) is 0 Å². The number of rotatable bonds is 6. The Balaban J connectivity index is 2.14. The molecule has 0 aliphatic rings. The average Bonchev–Trinajstić information content (AvgIpc) is 2.62. The summed E-state index contributed by atoms with van der Waals surface area (Å²) in [4.78, 5) is 26.6. The van der Waals surface area contributed by atoms with Crippen molar-refractivity contribution >= 4 is 40.8 Å². The van der Waals surface area contributed by atoms with Crippen molar-refractivity contribution in [1.82, 2.24) is 0 Å². The number of methoxy groups -OCH3 is 1. The lowest BCUT2D eigenvalue weighted by atomic mass is 10.2. The lowest BCUT2D eigenvalue weighted by molar-refractivity contribution is -0.126. The van der Waals surface area contributed by atoms with Gasteiger partial charge in [0, 0.05) is 12.2 Å². The van der Waals surface area contributed by atoms with Crippen molar-refractivity contribution in [3.63, 3.8) is 0 Å². The van der Waals surface area contributed by atoms with E-state index in [9.17, 15) is 9.59 Å². The Labute approximate surface area is 162 Å². The van der Waals surface area contributed by atoms with Gasteiger partial charge in [-0.3, -0.25) is 4.79 Å². The van der Waals surface area contributed by atoms with Gasteiger partial charge in [-0.25, -0.2) is 4.79 Å². The van der Waals surface area contributed by atoms with Crippen LogP contribution in [-0.2, 0) is 9.53 Å². The van der Waals surface area contributed by atoms with Crippen molar-refractivity contribution in [1.29, 1.82) is 0 Å². The van der Waals surface area contributed by atoms with Crippen LogP contribution in [0.25, 0.3) is 0 Å². The number of carbonyl (C=O) groups excluding carboxylic acids is 2. The van der Waals surface area contributed by atoms with Crippen molar-refractivity contribution in [3.8, 4) is 5.75 Å². The van der Waals surface area contributed by atoms with E-state index in [1.165, 1.54) is 26.2 Å². The summed E-state index contributed by atoms with van der Waals surface area (Å²) in [6, 6.07) is 12.0. The van der Waals surface area contributed by atoms with Gasteiger partial charge in [0.15, 0.2) is 11.9 Å². The van der Waals surface area contributed by atoms with Crippen molar-refractivity contribution in [2.24, 2.45) is 0 Å². The number of likely N-dealkylation sites (N-methyl/N-ethyl adjacent to an activating group) is 1. The molecule has 2 aromatic carbocycles. The number of halogens is 2. The second-order valence-electron chi connectivity index (χ2n) is 5.44. The first-order valence-corrected chi connectivity index (χ1v) is 8.75. The highest BCUT2D eigenvalue weighted by molar-refractivity contribution is 6.37. The van der Waals surface area contributed by atoms with Crippen LogP contribution in [0, 0.1) is 0 Å². The molecule has 0 heterocycles. The molecule has 0 spiro atoms. The summed E-state index contributed by atoms with van der Waals surface area (Å²) in [5.74, 6) is -0.741. The summed E-state index contributed by atoms with van der Waals surface area (Å²) in [7, 11) is 1.43. The Hall–Kier alpha value is -2.24. The number of carbonyl (C=O) groups is 2. The van der Waals surface area contributed by atoms with Gasteiger partial charge in [0.05, 0.1) is 22.7 Å². The highest BCUT2D eigenvalue weighted by Gasteiger charge is 2.25. The van der Waals surface area contributed by atoms with Crippen LogP contribution in [0.4, 0.5) is 5.69 Å². The molecule has 26 heavy (non-hydrogen) atoms. The second kappa shape index (κ2) is 8.92. The maximum absolute atomic E-state index is 12.7. The van der Waals surface area contributed by atoms with E-state index in [4.69, 9.17) is 32.7 Å².